The van der Waals surface area contributed by atoms with Gasteiger partial charge in [0, 0.05) is 5.56 Å². The van der Waals surface area contributed by atoms with Crippen molar-refractivity contribution in [1.29, 1.82) is 0 Å². The molecule has 0 spiro atoms. The van der Waals surface area contributed by atoms with E-state index in [0.717, 1.165) is 11.3 Å². The number of methoxy groups -OCH3 is 1. The number of hydrazine groups is 1. The van der Waals surface area contributed by atoms with Crippen molar-refractivity contribution in [3.63, 3.8) is 0 Å². The normalized spacial score (nSPS) is 12.4. The molecule has 5 heteroatoms. The predicted molar refractivity (Wildman–Crippen MR) is 65.6 cm³/mol. The Hall–Kier alpha value is -1.85. The monoisotopic (exact) mass is 250 g/mol. The number of nitrogens with two attached hydrogens (primary N) is 1. The van der Waals surface area contributed by atoms with Crippen LogP contribution in [0.3, 0.4) is 0 Å². The number of nitrogens with one attached hydrogen (secondary N) is 1. The molecule has 0 aliphatic rings. The van der Waals surface area contributed by atoms with Gasteiger partial charge in [-0.3, -0.25) is 5.84 Å². The van der Waals surface area contributed by atoms with Crippen LogP contribution in [0, 0.1) is 12.7 Å². The smallest absolute Gasteiger partial charge is 0.165 e. The summed E-state index contributed by atoms with van der Waals surface area (Å²) < 4.78 is 23.8. The molecule has 0 amide bonds. The molecule has 0 aliphatic carbocycles. The van der Waals surface area contributed by atoms with E-state index in [1.807, 2.05) is 13.0 Å². The van der Waals surface area contributed by atoms with Gasteiger partial charge in [-0.2, -0.15) is 0 Å². The van der Waals surface area contributed by atoms with Crippen LogP contribution in [0.15, 0.2) is 34.9 Å². The van der Waals surface area contributed by atoms with Crippen LogP contribution in [0.1, 0.15) is 22.9 Å². The maximum Gasteiger partial charge on any atom is 0.165 e. The molecule has 4 nitrogen and oxygen atoms in total. The first kappa shape index (κ1) is 12.6. The van der Waals surface area contributed by atoms with Crippen LogP contribution in [-0.4, -0.2) is 7.11 Å². The van der Waals surface area contributed by atoms with Gasteiger partial charge in [0.2, 0.25) is 0 Å². The molecule has 0 aliphatic heterocycles. The van der Waals surface area contributed by atoms with Crippen molar-refractivity contribution in [2.24, 2.45) is 5.84 Å². The van der Waals surface area contributed by atoms with Gasteiger partial charge in [-0.15, -0.1) is 0 Å². The van der Waals surface area contributed by atoms with E-state index >= 15 is 0 Å². The molecule has 1 heterocycles. The van der Waals surface area contributed by atoms with Gasteiger partial charge >= 0.3 is 0 Å². The van der Waals surface area contributed by atoms with E-state index in [1.54, 1.807) is 18.4 Å². The van der Waals surface area contributed by atoms with Crippen LogP contribution in [-0.2, 0) is 0 Å². The maximum atomic E-state index is 13.7. The third-order valence-electron chi connectivity index (χ3n) is 2.76. The highest BCUT2D eigenvalue weighted by atomic mass is 19.1. The molecule has 0 radical (unpaired) electrons. The van der Waals surface area contributed by atoms with Gasteiger partial charge in [-0.1, -0.05) is 6.07 Å². The van der Waals surface area contributed by atoms with Crippen LogP contribution < -0.4 is 16.0 Å². The minimum absolute atomic E-state index is 0.206. The van der Waals surface area contributed by atoms with E-state index in [4.69, 9.17) is 15.0 Å². The van der Waals surface area contributed by atoms with E-state index in [-0.39, 0.29) is 11.8 Å². The van der Waals surface area contributed by atoms with E-state index in [1.165, 1.54) is 13.2 Å². The lowest BCUT2D eigenvalue weighted by atomic mass is 10.0. The molecule has 0 bridgehead atoms. The van der Waals surface area contributed by atoms with Gasteiger partial charge in [-0.05, 0) is 30.7 Å². The topological polar surface area (TPSA) is 60.4 Å². The first-order chi connectivity index (χ1) is 8.65. The minimum atomic E-state index is -0.421. The molecule has 0 fully saturated rings. The van der Waals surface area contributed by atoms with Gasteiger partial charge in [-0.25, -0.2) is 9.82 Å². The largest absolute Gasteiger partial charge is 0.494 e. The highest BCUT2D eigenvalue weighted by Gasteiger charge is 2.16. The lowest BCUT2D eigenvalue weighted by Gasteiger charge is -2.15. The molecule has 1 aromatic carbocycles. The van der Waals surface area contributed by atoms with Gasteiger partial charge in [0.1, 0.15) is 5.76 Å². The van der Waals surface area contributed by atoms with Crippen molar-refractivity contribution in [1.82, 2.24) is 5.43 Å². The molecule has 1 unspecified atom stereocenters. The molecule has 0 saturated carbocycles. The fourth-order valence-corrected chi connectivity index (χ4v) is 1.86. The van der Waals surface area contributed by atoms with Gasteiger partial charge in [0.15, 0.2) is 11.6 Å². The summed E-state index contributed by atoms with van der Waals surface area (Å²) in [5.74, 6) is 6.08. The number of benzene rings is 1. The van der Waals surface area contributed by atoms with Crippen LogP contribution in [0.4, 0.5) is 4.39 Å². The van der Waals surface area contributed by atoms with Crippen LogP contribution in [0.2, 0.25) is 0 Å². The summed E-state index contributed by atoms with van der Waals surface area (Å²) in [6.45, 7) is 1.84. The van der Waals surface area contributed by atoms with Crippen LogP contribution in [0.5, 0.6) is 5.75 Å². The number of halogens is 1. The van der Waals surface area contributed by atoms with E-state index in [9.17, 15) is 4.39 Å². The van der Waals surface area contributed by atoms with E-state index in [2.05, 4.69) is 5.43 Å². The molecule has 2 rings (SSSR count). The average Bonchev–Trinajstić information content (AvgIpc) is 2.77. The fraction of sp³-hybridized carbons (Fsp3) is 0.231. The number of hydrogen-bond donors (Lipinski definition) is 2. The number of furan rings is 1. The van der Waals surface area contributed by atoms with Crippen molar-refractivity contribution < 1.29 is 13.5 Å². The van der Waals surface area contributed by atoms with Gasteiger partial charge in [0.25, 0.3) is 0 Å². The number of aryl methyl sites for hydroxylation is 1. The van der Waals surface area contributed by atoms with Crippen molar-refractivity contribution in [3.05, 3.63) is 53.2 Å². The lowest BCUT2D eigenvalue weighted by molar-refractivity contribution is 0.385. The molecule has 2 aromatic rings. The number of ether oxygens (including phenoxy) is 1. The Morgan fingerprint density at radius 2 is 2.11 bits per heavy atom. The highest BCUT2D eigenvalue weighted by molar-refractivity contribution is 5.35. The quantitative estimate of drug-likeness (QED) is 0.645. The van der Waals surface area contributed by atoms with Crippen molar-refractivity contribution >= 4 is 0 Å². The Bertz CT molecular complexity index is 540. The van der Waals surface area contributed by atoms with Crippen molar-refractivity contribution in [2.45, 2.75) is 13.0 Å². The molecule has 1 atom stereocenters. The second-order valence-electron chi connectivity index (χ2n) is 3.98. The van der Waals surface area contributed by atoms with Gasteiger partial charge < -0.3 is 9.15 Å². The van der Waals surface area contributed by atoms with Crippen molar-refractivity contribution in [3.8, 4) is 5.75 Å². The molecule has 96 valence electrons. The number of rotatable bonds is 4. The third kappa shape index (κ3) is 2.37. The van der Waals surface area contributed by atoms with Crippen LogP contribution >= 0.6 is 0 Å². The molecule has 3 N–H and O–H groups in total. The Kier molecular flexibility index (Phi) is 3.64. The zero-order valence-corrected chi connectivity index (χ0v) is 10.2. The summed E-state index contributed by atoms with van der Waals surface area (Å²) in [4.78, 5) is 0. The molecular weight excluding hydrogens is 235 g/mol. The second-order valence-corrected chi connectivity index (χ2v) is 3.98. The summed E-state index contributed by atoms with van der Waals surface area (Å²) in [7, 11) is 1.43. The minimum Gasteiger partial charge on any atom is -0.494 e. The average molecular weight is 250 g/mol. The van der Waals surface area contributed by atoms with E-state index in [0.29, 0.717) is 5.56 Å². The summed E-state index contributed by atoms with van der Waals surface area (Å²) in [6.07, 6.45) is 1.60. The van der Waals surface area contributed by atoms with E-state index < -0.39 is 5.82 Å². The SMILES string of the molecule is COc1ccc(C(NN)c2coc(C)c2)cc1F. The summed E-state index contributed by atoms with van der Waals surface area (Å²) >= 11 is 0. The zero-order chi connectivity index (χ0) is 13.1. The second kappa shape index (κ2) is 5.20. The van der Waals surface area contributed by atoms with Crippen molar-refractivity contribution in [2.75, 3.05) is 7.11 Å². The fourth-order valence-electron chi connectivity index (χ4n) is 1.86. The summed E-state index contributed by atoms with van der Waals surface area (Å²) in [5, 5.41) is 0. The molecule has 0 saturated heterocycles. The van der Waals surface area contributed by atoms with Gasteiger partial charge in [0.05, 0.1) is 19.4 Å². The molecule has 1 aromatic heterocycles. The standard InChI is InChI=1S/C13H15FN2O2/c1-8-5-10(7-18-8)13(16-15)9-3-4-12(17-2)11(14)6-9/h3-7,13,16H,15H2,1-2H3. The Morgan fingerprint density at radius 3 is 2.61 bits per heavy atom. The predicted octanol–water partition coefficient (Wildman–Crippen LogP) is 2.29. The zero-order valence-electron chi connectivity index (χ0n) is 10.2. The third-order valence-corrected chi connectivity index (χ3v) is 2.76. The molecule has 18 heavy (non-hydrogen) atoms. The number of hydrogen-bond acceptors (Lipinski definition) is 4. The maximum absolute atomic E-state index is 13.7. The Morgan fingerprint density at radius 1 is 1.33 bits per heavy atom. The first-order valence-electron chi connectivity index (χ1n) is 5.50. The Labute approximate surface area is 105 Å². The van der Waals surface area contributed by atoms with Crippen LogP contribution in [0.25, 0.3) is 0 Å². The Balaban J connectivity index is 2.36. The lowest BCUT2D eigenvalue weighted by Crippen LogP contribution is -2.28. The summed E-state index contributed by atoms with van der Waals surface area (Å²) in [6, 6.07) is 6.26. The summed E-state index contributed by atoms with van der Waals surface area (Å²) in [5.41, 5.74) is 4.20. The molecular formula is C13H15FN2O2. The first-order valence-corrected chi connectivity index (χ1v) is 5.50. The highest BCUT2D eigenvalue weighted by Crippen LogP contribution is 2.26.